The molecule has 0 bridgehead atoms. The van der Waals surface area contributed by atoms with Crippen LogP contribution in [0, 0.1) is 5.92 Å². The molecule has 0 radical (unpaired) electrons. The van der Waals surface area contributed by atoms with Crippen molar-refractivity contribution in [1.29, 1.82) is 0 Å². The molecule has 3 N–H and O–H groups in total. The zero-order valence-electron chi connectivity index (χ0n) is 15.8. The highest BCUT2D eigenvalue weighted by Gasteiger charge is 2.35. The number of aromatic nitrogens is 1. The Labute approximate surface area is 154 Å². The van der Waals surface area contributed by atoms with E-state index in [4.69, 9.17) is 15.5 Å². The van der Waals surface area contributed by atoms with Gasteiger partial charge in [0.15, 0.2) is 0 Å². The highest BCUT2D eigenvalue weighted by atomic mass is 19.1. The molecule has 1 saturated heterocycles. The van der Waals surface area contributed by atoms with E-state index in [0.29, 0.717) is 13.1 Å². The topological polar surface area (TPSA) is 80.5 Å². The van der Waals surface area contributed by atoms with Crippen LogP contribution in [-0.2, 0) is 17.6 Å². The molecular weight excluding hydrogens is 335 g/mol. The van der Waals surface area contributed by atoms with E-state index in [1.807, 2.05) is 31.7 Å². The van der Waals surface area contributed by atoms with Crippen LogP contribution in [0.1, 0.15) is 38.4 Å². The molecule has 2 heterocycles. The average molecular weight is 364 g/mol. The standard InChI is InChI=1S/C19H29FN4O2/c1-19(2,3)26-18(25)23-16-11-24(10-13(16)9-20)17-7-4-12-8-14(21)5-6-15(12)22-17/h4,7,13-14,16H,5-6,8-11,21H2,1-3H3,(H,23,25)/t13?,14-,16?/m0/s1. The van der Waals surface area contributed by atoms with Crippen LogP contribution in [0.4, 0.5) is 15.0 Å². The SMILES string of the molecule is CC(C)(C)OC(=O)NC1CN(c2ccc3c(n2)CC[C@H](N)C3)CC1CF. The fraction of sp³-hybridized carbons (Fsp3) is 0.684. The van der Waals surface area contributed by atoms with Gasteiger partial charge in [0.2, 0.25) is 0 Å². The van der Waals surface area contributed by atoms with Crippen LogP contribution in [0.15, 0.2) is 12.1 Å². The molecule has 144 valence electrons. The Morgan fingerprint density at radius 2 is 2.19 bits per heavy atom. The summed E-state index contributed by atoms with van der Waals surface area (Å²) in [5.74, 6) is 0.569. The molecule has 1 amide bonds. The number of fused-ring (bicyclic) bond motifs is 1. The number of aryl methyl sites for hydroxylation is 1. The second-order valence-electron chi connectivity index (χ2n) is 8.35. The molecule has 26 heavy (non-hydrogen) atoms. The Hall–Kier alpha value is -1.89. The third kappa shape index (κ3) is 4.44. The number of alkyl carbamates (subject to hydrolysis) is 1. The number of hydrogen-bond acceptors (Lipinski definition) is 5. The molecular formula is C19H29FN4O2. The number of ether oxygens (including phenoxy) is 1. The quantitative estimate of drug-likeness (QED) is 0.859. The molecule has 7 heteroatoms. The van der Waals surface area contributed by atoms with Gasteiger partial charge in [0, 0.05) is 30.7 Å². The van der Waals surface area contributed by atoms with Gasteiger partial charge in [-0.25, -0.2) is 9.78 Å². The van der Waals surface area contributed by atoms with E-state index in [1.165, 1.54) is 5.56 Å². The van der Waals surface area contributed by atoms with Gasteiger partial charge >= 0.3 is 6.09 Å². The lowest BCUT2D eigenvalue weighted by molar-refractivity contribution is 0.0494. The second-order valence-corrected chi connectivity index (χ2v) is 8.35. The molecule has 1 aromatic heterocycles. The van der Waals surface area contributed by atoms with Gasteiger partial charge in [-0.05, 0) is 51.7 Å². The van der Waals surface area contributed by atoms with E-state index in [9.17, 15) is 9.18 Å². The predicted octanol–water partition coefficient (Wildman–Crippen LogP) is 2.20. The number of anilines is 1. The molecule has 1 aliphatic heterocycles. The van der Waals surface area contributed by atoms with E-state index >= 15 is 0 Å². The van der Waals surface area contributed by atoms with Gasteiger partial charge in [0.1, 0.15) is 11.4 Å². The van der Waals surface area contributed by atoms with Gasteiger partial charge < -0.3 is 20.7 Å². The largest absolute Gasteiger partial charge is 0.444 e. The van der Waals surface area contributed by atoms with Gasteiger partial charge in [0.25, 0.3) is 0 Å². The number of halogens is 1. The highest BCUT2D eigenvalue weighted by molar-refractivity contribution is 5.68. The lowest BCUT2D eigenvalue weighted by atomic mass is 9.92. The number of nitrogens with zero attached hydrogens (tertiary/aromatic N) is 2. The first-order valence-corrected chi connectivity index (χ1v) is 9.30. The van der Waals surface area contributed by atoms with Crippen LogP contribution in [-0.4, -0.2) is 48.5 Å². The van der Waals surface area contributed by atoms with Crippen molar-refractivity contribution in [3.05, 3.63) is 23.4 Å². The van der Waals surface area contributed by atoms with Crippen LogP contribution in [0.2, 0.25) is 0 Å². The second kappa shape index (κ2) is 7.39. The molecule has 1 fully saturated rings. The Balaban J connectivity index is 1.68. The summed E-state index contributed by atoms with van der Waals surface area (Å²) in [4.78, 5) is 18.9. The summed E-state index contributed by atoms with van der Waals surface area (Å²) in [6.07, 6.45) is 2.18. The summed E-state index contributed by atoms with van der Waals surface area (Å²) in [7, 11) is 0. The van der Waals surface area contributed by atoms with E-state index in [0.717, 1.165) is 30.8 Å². The van der Waals surface area contributed by atoms with Crippen molar-refractivity contribution in [2.45, 2.75) is 57.7 Å². The van der Waals surface area contributed by atoms with Crippen LogP contribution < -0.4 is 16.0 Å². The Morgan fingerprint density at radius 1 is 1.42 bits per heavy atom. The monoisotopic (exact) mass is 364 g/mol. The van der Waals surface area contributed by atoms with Crippen molar-refractivity contribution in [2.24, 2.45) is 11.7 Å². The number of nitrogens with two attached hydrogens (primary N) is 1. The normalized spacial score (nSPS) is 25.7. The first kappa shape index (κ1) is 18.9. The maximum absolute atomic E-state index is 13.5. The fourth-order valence-corrected chi connectivity index (χ4v) is 3.64. The van der Waals surface area contributed by atoms with Crippen molar-refractivity contribution < 1.29 is 13.9 Å². The van der Waals surface area contributed by atoms with Gasteiger partial charge in [-0.2, -0.15) is 0 Å². The fourth-order valence-electron chi connectivity index (χ4n) is 3.64. The zero-order valence-corrected chi connectivity index (χ0v) is 15.8. The molecule has 1 aromatic rings. The summed E-state index contributed by atoms with van der Waals surface area (Å²) in [6, 6.07) is 3.97. The average Bonchev–Trinajstić information content (AvgIpc) is 2.95. The maximum Gasteiger partial charge on any atom is 0.407 e. The van der Waals surface area contributed by atoms with Crippen molar-refractivity contribution in [3.63, 3.8) is 0 Å². The van der Waals surface area contributed by atoms with Gasteiger partial charge in [-0.1, -0.05) is 6.07 Å². The third-order valence-electron chi connectivity index (χ3n) is 4.95. The summed E-state index contributed by atoms with van der Waals surface area (Å²) < 4.78 is 18.8. The van der Waals surface area contributed by atoms with Crippen LogP contribution in [0.5, 0.6) is 0 Å². The number of carbonyl (C=O) groups excluding carboxylic acids is 1. The molecule has 0 saturated carbocycles. The minimum atomic E-state index is -0.575. The van der Waals surface area contributed by atoms with Crippen LogP contribution in [0.3, 0.4) is 0 Å². The lowest BCUT2D eigenvalue weighted by Gasteiger charge is -2.24. The third-order valence-corrected chi connectivity index (χ3v) is 4.95. The zero-order chi connectivity index (χ0) is 18.9. The number of carbonyl (C=O) groups is 1. The summed E-state index contributed by atoms with van der Waals surface area (Å²) in [5, 5.41) is 2.82. The molecule has 3 rings (SSSR count). The van der Waals surface area contributed by atoms with E-state index in [-0.39, 0.29) is 18.0 Å². The van der Waals surface area contributed by atoms with Crippen LogP contribution >= 0.6 is 0 Å². The smallest absolute Gasteiger partial charge is 0.407 e. The van der Waals surface area contributed by atoms with Gasteiger partial charge in [0.05, 0.1) is 12.7 Å². The number of amides is 1. The van der Waals surface area contributed by atoms with Gasteiger partial charge in [-0.15, -0.1) is 0 Å². The number of pyridine rings is 1. The lowest BCUT2D eigenvalue weighted by Crippen LogP contribution is -2.43. The summed E-state index contributed by atoms with van der Waals surface area (Å²) in [5.41, 5.74) is 7.74. The number of alkyl halides is 1. The minimum Gasteiger partial charge on any atom is -0.444 e. The number of hydrogen-bond donors (Lipinski definition) is 2. The van der Waals surface area contributed by atoms with E-state index in [2.05, 4.69) is 11.4 Å². The van der Waals surface area contributed by atoms with Crippen molar-refractivity contribution >= 4 is 11.9 Å². The summed E-state index contributed by atoms with van der Waals surface area (Å²) >= 11 is 0. The molecule has 3 atom stereocenters. The van der Waals surface area contributed by atoms with Crippen molar-refractivity contribution in [3.8, 4) is 0 Å². The Bertz CT molecular complexity index is 661. The van der Waals surface area contributed by atoms with E-state index in [1.54, 1.807) is 0 Å². The predicted molar refractivity (Wildman–Crippen MR) is 99.1 cm³/mol. The first-order chi connectivity index (χ1) is 12.2. The maximum atomic E-state index is 13.5. The van der Waals surface area contributed by atoms with Crippen molar-refractivity contribution in [1.82, 2.24) is 10.3 Å². The molecule has 0 spiro atoms. The first-order valence-electron chi connectivity index (χ1n) is 9.30. The Kier molecular flexibility index (Phi) is 5.37. The summed E-state index contributed by atoms with van der Waals surface area (Å²) in [6.45, 7) is 5.99. The minimum absolute atomic E-state index is 0.209. The number of rotatable bonds is 3. The van der Waals surface area contributed by atoms with Crippen molar-refractivity contribution in [2.75, 3.05) is 24.7 Å². The van der Waals surface area contributed by atoms with E-state index < -0.39 is 18.4 Å². The molecule has 0 aromatic carbocycles. The molecule has 2 unspecified atom stereocenters. The molecule has 2 aliphatic rings. The Morgan fingerprint density at radius 3 is 2.88 bits per heavy atom. The van der Waals surface area contributed by atoms with Crippen LogP contribution in [0.25, 0.3) is 0 Å². The highest BCUT2D eigenvalue weighted by Crippen LogP contribution is 2.27. The number of nitrogens with one attached hydrogen (secondary N) is 1. The molecule has 1 aliphatic carbocycles. The van der Waals surface area contributed by atoms with Gasteiger partial charge in [-0.3, -0.25) is 4.39 Å². The molecule has 6 nitrogen and oxygen atoms in total.